The Morgan fingerprint density at radius 1 is 1.04 bits per heavy atom. The van der Waals surface area contributed by atoms with Crippen molar-refractivity contribution in [2.24, 2.45) is 0 Å². The van der Waals surface area contributed by atoms with E-state index in [1.807, 2.05) is 25.1 Å². The highest BCUT2D eigenvalue weighted by Crippen LogP contribution is 2.26. The number of fused-ring (bicyclic) bond motifs is 1. The zero-order valence-corrected chi connectivity index (χ0v) is 14.3. The first-order valence-corrected chi connectivity index (χ1v) is 7.98. The molecule has 3 aromatic rings. The van der Waals surface area contributed by atoms with Crippen LogP contribution in [-0.2, 0) is 4.79 Å². The van der Waals surface area contributed by atoms with Crippen LogP contribution in [0.4, 0.5) is 0 Å². The largest absolute Gasteiger partial charge is 0.479 e. The topological polar surface area (TPSA) is 68.7 Å². The Hall–Kier alpha value is -3.08. The molecule has 0 aliphatic rings. The minimum absolute atomic E-state index is 0.472. The molecule has 0 fully saturated rings. The lowest BCUT2D eigenvalue weighted by Crippen LogP contribution is -2.22. The number of carboxylic acids is 1. The van der Waals surface area contributed by atoms with Crippen LogP contribution in [0.3, 0.4) is 0 Å². The summed E-state index contributed by atoms with van der Waals surface area (Å²) in [6.45, 7) is 5.59. The quantitative estimate of drug-likeness (QED) is 0.742. The summed E-state index contributed by atoms with van der Waals surface area (Å²) in [5, 5.41) is 9.96. The van der Waals surface area contributed by atoms with E-state index in [0.29, 0.717) is 17.4 Å². The van der Waals surface area contributed by atoms with E-state index >= 15 is 0 Å². The number of nitrogens with zero attached hydrogens (tertiary/aromatic N) is 1. The summed E-state index contributed by atoms with van der Waals surface area (Å²) in [5.41, 5.74) is 3.23. The lowest BCUT2D eigenvalue weighted by Gasteiger charge is -2.11. The van der Waals surface area contributed by atoms with Crippen LogP contribution >= 0.6 is 0 Å². The van der Waals surface area contributed by atoms with Crippen molar-refractivity contribution >= 4 is 16.9 Å². The molecule has 0 aliphatic carbocycles. The van der Waals surface area contributed by atoms with Gasteiger partial charge in [-0.3, -0.25) is 0 Å². The number of aromatic nitrogens is 1. The van der Waals surface area contributed by atoms with Crippen molar-refractivity contribution in [1.29, 1.82) is 0 Å². The Balaban J connectivity index is 1.78. The van der Waals surface area contributed by atoms with E-state index in [1.165, 1.54) is 12.5 Å². The van der Waals surface area contributed by atoms with Crippen molar-refractivity contribution in [3.8, 4) is 17.4 Å². The average Bonchev–Trinajstić information content (AvgIpc) is 2.56. The first-order chi connectivity index (χ1) is 11.9. The summed E-state index contributed by atoms with van der Waals surface area (Å²) < 4.78 is 11.1. The summed E-state index contributed by atoms with van der Waals surface area (Å²) in [5.74, 6) is 0.572. The minimum atomic E-state index is -1.01. The molecule has 2 aromatic carbocycles. The minimum Gasteiger partial charge on any atom is -0.479 e. The monoisotopic (exact) mass is 337 g/mol. The summed E-state index contributed by atoms with van der Waals surface area (Å²) in [6.07, 6.45) is -0.902. The maximum absolute atomic E-state index is 10.8. The highest BCUT2D eigenvalue weighted by Gasteiger charge is 2.12. The van der Waals surface area contributed by atoms with Gasteiger partial charge in [0.25, 0.3) is 0 Å². The fourth-order valence-electron chi connectivity index (χ4n) is 2.59. The normalized spacial score (nSPS) is 12.0. The number of pyridine rings is 1. The van der Waals surface area contributed by atoms with Gasteiger partial charge in [0.1, 0.15) is 11.5 Å². The van der Waals surface area contributed by atoms with Gasteiger partial charge in [0, 0.05) is 11.5 Å². The Labute approximate surface area is 145 Å². The van der Waals surface area contributed by atoms with E-state index in [1.54, 1.807) is 24.3 Å². The first kappa shape index (κ1) is 16.8. The van der Waals surface area contributed by atoms with Crippen LogP contribution in [-0.4, -0.2) is 22.2 Å². The fourth-order valence-corrected chi connectivity index (χ4v) is 2.59. The average molecular weight is 337 g/mol. The van der Waals surface area contributed by atoms with Crippen molar-refractivity contribution in [3.05, 3.63) is 59.7 Å². The van der Waals surface area contributed by atoms with E-state index in [9.17, 15) is 4.79 Å². The zero-order chi connectivity index (χ0) is 18.0. The molecule has 3 rings (SSSR count). The lowest BCUT2D eigenvalue weighted by atomic mass is 10.1. The number of hydrogen-bond acceptors (Lipinski definition) is 4. The highest BCUT2D eigenvalue weighted by molar-refractivity contribution is 5.83. The fraction of sp³-hybridized carbons (Fsp3) is 0.200. The Morgan fingerprint density at radius 2 is 1.72 bits per heavy atom. The Morgan fingerprint density at radius 3 is 2.40 bits per heavy atom. The number of rotatable bonds is 5. The van der Waals surface area contributed by atoms with Crippen molar-refractivity contribution in [2.75, 3.05) is 0 Å². The van der Waals surface area contributed by atoms with Gasteiger partial charge in [-0.15, -0.1) is 0 Å². The second-order valence-electron chi connectivity index (χ2n) is 5.97. The van der Waals surface area contributed by atoms with Crippen molar-refractivity contribution < 1.29 is 19.4 Å². The van der Waals surface area contributed by atoms with Crippen LogP contribution in [0.2, 0.25) is 0 Å². The number of aryl methyl sites for hydroxylation is 2. The molecule has 25 heavy (non-hydrogen) atoms. The number of ether oxygens (including phenoxy) is 2. The lowest BCUT2D eigenvalue weighted by molar-refractivity contribution is -0.144. The smallest absolute Gasteiger partial charge is 0.344 e. The van der Waals surface area contributed by atoms with Crippen LogP contribution in [0.5, 0.6) is 17.4 Å². The molecule has 0 bridgehead atoms. The molecule has 1 aromatic heterocycles. The summed E-state index contributed by atoms with van der Waals surface area (Å²) >= 11 is 0. The molecule has 1 atom stereocenters. The van der Waals surface area contributed by atoms with Gasteiger partial charge < -0.3 is 14.6 Å². The molecule has 1 heterocycles. The van der Waals surface area contributed by atoms with Crippen molar-refractivity contribution in [2.45, 2.75) is 26.9 Å². The van der Waals surface area contributed by atoms with Crippen LogP contribution < -0.4 is 9.47 Å². The Kier molecular flexibility index (Phi) is 4.57. The third-order valence-corrected chi connectivity index (χ3v) is 3.84. The molecule has 0 aliphatic heterocycles. The number of hydrogen-bond donors (Lipinski definition) is 1. The van der Waals surface area contributed by atoms with Gasteiger partial charge in [-0.25, -0.2) is 9.78 Å². The van der Waals surface area contributed by atoms with Crippen molar-refractivity contribution in [3.63, 3.8) is 0 Å². The molecule has 5 heteroatoms. The van der Waals surface area contributed by atoms with E-state index in [0.717, 1.165) is 16.5 Å². The van der Waals surface area contributed by atoms with E-state index in [2.05, 4.69) is 18.0 Å². The molecule has 0 unspecified atom stereocenters. The summed E-state index contributed by atoms with van der Waals surface area (Å²) in [6, 6.07) is 14.8. The standard InChI is InChI=1S/C20H19NO4/c1-12-10-13(2)17-8-9-19(21-18(17)11-12)25-16-6-4-15(5-7-16)24-14(3)20(22)23/h4-11,14H,1-3H3,(H,22,23)/t14-/m1/s1. The molecule has 0 amide bonds. The van der Waals surface area contributed by atoms with Gasteiger partial charge in [-0.05, 0) is 68.3 Å². The maximum Gasteiger partial charge on any atom is 0.344 e. The third-order valence-electron chi connectivity index (χ3n) is 3.84. The molecule has 128 valence electrons. The van der Waals surface area contributed by atoms with E-state index in [4.69, 9.17) is 14.6 Å². The number of carboxylic acid groups (broad SMARTS) is 1. The van der Waals surface area contributed by atoms with Gasteiger partial charge in [-0.2, -0.15) is 0 Å². The van der Waals surface area contributed by atoms with Crippen LogP contribution in [0, 0.1) is 13.8 Å². The molecule has 1 N–H and O–H groups in total. The molecule has 0 saturated heterocycles. The SMILES string of the molecule is Cc1cc(C)c2ccc(Oc3ccc(O[C@H](C)C(=O)O)cc3)nc2c1. The van der Waals surface area contributed by atoms with Crippen LogP contribution in [0.25, 0.3) is 10.9 Å². The molecule has 0 spiro atoms. The van der Waals surface area contributed by atoms with Gasteiger partial charge in [0.15, 0.2) is 6.10 Å². The second-order valence-corrected chi connectivity index (χ2v) is 5.97. The predicted octanol–water partition coefficient (Wildman–Crippen LogP) is 4.50. The number of benzene rings is 2. The van der Waals surface area contributed by atoms with Gasteiger partial charge in [0.2, 0.25) is 5.88 Å². The van der Waals surface area contributed by atoms with Crippen LogP contribution in [0.1, 0.15) is 18.1 Å². The molecular weight excluding hydrogens is 318 g/mol. The Bertz CT molecular complexity index is 919. The molecule has 5 nitrogen and oxygen atoms in total. The van der Waals surface area contributed by atoms with E-state index in [-0.39, 0.29) is 0 Å². The first-order valence-electron chi connectivity index (χ1n) is 7.98. The highest BCUT2D eigenvalue weighted by atomic mass is 16.5. The van der Waals surface area contributed by atoms with Crippen LogP contribution in [0.15, 0.2) is 48.5 Å². The predicted molar refractivity (Wildman–Crippen MR) is 95.5 cm³/mol. The van der Waals surface area contributed by atoms with E-state index < -0.39 is 12.1 Å². The molecule has 0 saturated carbocycles. The van der Waals surface area contributed by atoms with Crippen molar-refractivity contribution in [1.82, 2.24) is 4.98 Å². The summed E-state index contributed by atoms with van der Waals surface area (Å²) in [7, 11) is 0. The molecular formula is C20H19NO4. The maximum atomic E-state index is 10.8. The summed E-state index contributed by atoms with van der Waals surface area (Å²) in [4.78, 5) is 15.4. The number of carbonyl (C=O) groups is 1. The second kappa shape index (κ2) is 6.81. The van der Waals surface area contributed by atoms with Gasteiger partial charge in [0.05, 0.1) is 5.52 Å². The zero-order valence-electron chi connectivity index (χ0n) is 14.3. The molecule has 0 radical (unpaired) electrons. The third kappa shape index (κ3) is 3.88. The van der Waals surface area contributed by atoms with Gasteiger partial charge >= 0.3 is 5.97 Å². The van der Waals surface area contributed by atoms with Gasteiger partial charge in [-0.1, -0.05) is 6.07 Å². The number of aliphatic carboxylic acids is 1.